The second kappa shape index (κ2) is 7.51. The van der Waals surface area contributed by atoms with Crippen LogP contribution in [0.2, 0.25) is 0 Å². The highest BCUT2D eigenvalue weighted by molar-refractivity contribution is 7.80. The Morgan fingerprint density at radius 3 is 2.25 bits per heavy atom. The minimum Gasteiger partial charge on any atom is -0.507 e. The lowest BCUT2D eigenvalue weighted by molar-refractivity contribution is -0.128. The number of phenols is 1. The summed E-state index contributed by atoms with van der Waals surface area (Å²) >= 11 is 5.08. The first-order valence-corrected chi connectivity index (χ1v) is 9.56. The standard InChI is InChI=1S/C22H28N2O3S/c1-8-9-24-19(27)15(18(26)23-20(24)28)11-13-10-14(21(2,3)4)12-16(17(13)25)22(5,6)7/h8,10-12,25H,1,9H2,2-7H3,(H,23,26,28)/b15-11+. The van der Waals surface area contributed by atoms with Gasteiger partial charge in [0, 0.05) is 17.7 Å². The van der Waals surface area contributed by atoms with Gasteiger partial charge in [-0.15, -0.1) is 6.58 Å². The number of amides is 2. The van der Waals surface area contributed by atoms with Gasteiger partial charge >= 0.3 is 0 Å². The smallest absolute Gasteiger partial charge is 0.265 e. The molecule has 1 heterocycles. The molecule has 0 saturated carbocycles. The molecule has 1 fully saturated rings. The van der Waals surface area contributed by atoms with E-state index in [9.17, 15) is 14.7 Å². The van der Waals surface area contributed by atoms with Crippen LogP contribution in [0.25, 0.3) is 6.08 Å². The number of hydrogen-bond donors (Lipinski definition) is 2. The fraction of sp³-hybridized carbons (Fsp3) is 0.409. The molecule has 150 valence electrons. The van der Waals surface area contributed by atoms with Crippen molar-refractivity contribution in [2.45, 2.75) is 52.4 Å². The summed E-state index contributed by atoms with van der Waals surface area (Å²) in [6.07, 6.45) is 2.98. The van der Waals surface area contributed by atoms with Crippen molar-refractivity contribution < 1.29 is 14.7 Å². The van der Waals surface area contributed by atoms with E-state index in [1.54, 1.807) is 0 Å². The third-order valence-corrected chi connectivity index (χ3v) is 4.93. The molecule has 1 aliphatic rings. The molecule has 2 amide bonds. The van der Waals surface area contributed by atoms with Crippen molar-refractivity contribution in [2.75, 3.05) is 6.54 Å². The molecule has 0 atom stereocenters. The Balaban J connectivity index is 2.69. The molecule has 0 aromatic heterocycles. The maximum absolute atomic E-state index is 12.8. The van der Waals surface area contributed by atoms with Gasteiger partial charge < -0.3 is 5.11 Å². The summed E-state index contributed by atoms with van der Waals surface area (Å²) < 4.78 is 0. The molecule has 5 nitrogen and oxygen atoms in total. The Labute approximate surface area is 172 Å². The molecule has 0 unspecified atom stereocenters. The Hall–Kier alpha value is -2.47. The van der Waals surface area contributed by atoms with Gasteiger partial charge in [0.05, 0.1) is 0 Å². The second-order valence-electron chi connectivity index (χ2n) is 8.98. The van der Waals surface area contributed by atoms with Gasteiger partial charge in [0.15, 0.2) is 5.11 Å². The maximum Gasteiger partial charge on any atom is 0.265 e. The van der Waals surface area contributed by atoms with Crippen LogP contribution in [0.4, 0.5) is 0 Å². The Morgan fingerprint density at radius 1 is 1.14 bits per heavy atom. The van der Waals surface area contributed by atoms with Gasteiger partial charge in [-0.3, -0.25) is 19.8 Å². The van der Waals surface area contributed by atoms with Gasteiger partial charge in [-0.1, -0.05) is 53.7 Å². The summed E-state index contributed by atoms with van der Waals surface area (Å²) in [5.41, 5.74) is 1.64. The SMILES string of the molecule is C=CCN1C(=O)/C(=C/c2cc(C(C)(C)C)cc(C(C)(C)C)c2O)C(=O)NC1=S. The molecule has 1 aromatic rings. The van der Waals surface area contributed by atoms with E-state index in [0.29, 0.717) is 5.56 Å². The van der Waals surface area contributed by atoms with Gasteiger partial charge in [0.1, 0.15) is 11.3 Å². The number of nitrogens with one attached hydrogen (secondary N) is 1. The number of nitrogens with zero attached hydrogens (tertiary/aromatic N) is 1. The van der Waals surface area contributed by atoms with Crippen molar-refractivity contribution in [2.24, 2.45) is 0 Å². The van der Waals surface area contributed by atoms with Crippen molar-refractivity contribution in [1.82, 2.24) is 10.2 Å². The summed E-state index contributed by atoms with van der Waals surface area (Å²) in [5.74, 6) is -1.02. The van der Waals surface area contributed by atoms with E-state index in [0.717, 1.165) is 11.1 Å². The lowest BCUT2D eigenvalue weighted by atomic mass is 9.78. The number of carbonyl (C=O) groups excluding carboxylic acids is 2. The number of aromatic hydroxyl groups is 1. The van der Waals surface area contributed by atoms with Gasteiger partial charge in [-0.05, 0) is 40.8 Å². The van der Waals surface area contributed by atoms with Crippen LogP contribution in [0.15, 0.2) is 30.4 Å². The molecule has 2 N–H and O–H groups in total. The summed E-state index contributed by atoms with van der Waals surface area (Å²) in [6.45, 7) is 16.1. The first kappa shape index (κ1) is 21.8. The van der Waals surface area contributed by atoms with Crippen molar-refractivity contribution in [3.63, 3.8) is 0 Å². The predicted octanol–water partition coefficient (Wildman–Crippen LogP) is 3.80. The zero-order valence-corrected chi connectivity index (χ0v) is 18.2. The molecule has 0 radical (unpaired) electrons. The quantitative estimate of drug-likeness (QED) is 0.350. The molecular formula is C22H28N2O3S. The highest BCUT2D eigenvalue weighted by Gasteiger charge is 2.33. The van der Waals surface area contributed by atoms with E-state index in [4.69, 9.17) is 12.2 Å². The number of phenolic OH excluding ortho intramolecular Hbond substituents is 1. The van der Waals surface area contributed by atoms with Crippen LogP contribution in [-0.4, -0.2) is 33.5 Å². The van der Waals surface area contributed by atoms with Crippen LogP contribution in [-0.2, 0) is 20.4 Å². The van der Waals surface area contributed by atoms with Crippen LogP contribution in [0, 0.1) is 0 Å². The van der Waals surface area contributed by atoms with E-state index in [1.165, 1.54) is 17.1 Å². The molecule has 6 heteroatoms. The van der Waals surface area contributed by atoms with E-state index in [1.807, 2.05) is 32.9 Å². The molecular weight excluding hydrogens is 372 g/mol. The lowest BCUT2D eigenvalue weighted by Gasteiger charge is -2.29. The zero-order valence-electron chi connectivity index (χ0n) is 17.3. The highest BCUT2D eigenvalue weighted by Crippen LogP contribution is 2.38. The molecule has 2 rings (SSSR count). The summed E-state index contributed by atoms with van der Waals surface area (Å²) in [5, 5.41) is 13.5. The number of hydrogen-bond acceptors (Lipinski definition) is 4. The van der Waals surface area contributed by atoms with Crippen molar-refractivity contribution >= 4 is 35.2 Å². The fourth-order valence-corrected chi connectivity index (χ4v) is 3.17. The lowest BCUT2D eigenvalue weighted by Crippen LogP contribution is -2.53. The van der Waals surface area contributed by atoms with Crippen LogP contribution in [0.5, 0.6) is 5.75 Å². The molecule has 28 heavy (non-hydrogen) atoms. The van der Waals surface area contributed by atoms with Gasteiger partial charge in [0.2, 0.25) is 0 Å². The fourth-order valence-electron chi connectivity index (χ4n) is 2.92. The third kappa shape index (κ3) is 4.33. The molecule has 0 spiro atoms. The van der Waals surface area contributed by atoms with Crippen LogP contribution in [0.3, 0.4) is 0 Å². The Kier molecular flexibility index (Phi) is 5.85. The van der Waals surface area contributed by atoms with Gasteiger partial charge in [-0.25, -0.2) is 0 Å². The monoisotopic (exact) mass is 400 g/mol. The van der Waals surface area contributed by atoms with E-state index in [-0.39, 0.29) is 33.8 Å². The molecule has 1 aliphatic heterocycles. The number of rotatable bonds is 3. The molecule has 1 saturated heterocycles. The average Bonchev–Trinajstić information content (AvgIpc) is 2.54. The number of thiocarbonyl (C=S) groups is 1. The predicted molar refractivity (Wildman–Crippen MR) is 116 cm³/mol. The summed E-state index contributed by atoms with van der Waals surface area (Å²) in [7, 11) is 0. The average molecular weight is 401 g/mol. The minimum atomic E-state index is -0.576. The summed E-state index contributed by atoms with van der Waals surface area (Å²) in [4.78, 5) is 26.5. The number of carbonyl (C=O) groups is 2. The van der Waals surface area contributed by atoms with Crippen LogP contribution < -0.4 is 5.32 Å². The van der Waals surface area contributed by atoms with E-state index >= 15 is 0 Å². The van der Waals surface area contributed by atoms with Crippen molar-refractivity contribution in [3.05, 3.63) is 47.1 Å². The molecule has 1 aromatic carbocycles. The van der Waals surface area contributed by atoms with Crippen molar-refractivity contribution in [1.29, 1.82) is 0 Å². The first-order chi connectivity index (χ1) is 12.8. The van der Waals surface area contributed by atoms with Gasteiger partial charge in [-0.2, -0.15) is 0 Å². The largest absolute Gasteiger partial charge is 0.507 e. The Morgan fingerprint density at radius 2 is 1.75 bits per heavy atom. The first-order valence-electron chi connectivity index (χ1n) is 9.15. The highest BCUT2D eigenvalue weighted by atomic mass is 32.1. The summed E-state index contributed by atoms with van der Waals surface area (Å²) in [6, 6.07) is 3.81. The molecule has 0 aliphatic carbocycles. The zero-order chi connectivity index (χ0) is 21.4. The van der Waals surface area contributed by atoms with Crippen LogP contribution in [0.1, 0.15) is 58.2 Å². The van der Waals surface area contributed by atoms with E-state index in [2.05, 4.69) is 32.7 Å². The maximum atomic E-state index is 12.8. The topological polar surface area (TPSA) is 69.6 Å². The van der Waals surface area contributed by atoms with Crippen LogP contribution >= 0.6 is 12.2 Å². The number of benzene rings is 1. The minimum absolute atomic E-state index is 0.0510. The molecule has 0 bridgehead atoms. The Bertz CT molecular complexity index is 886. The normalized spacial score (nSPS) is 17.1. The van der Waals surface area contributed by atoms with Crippen molar-refractivity contribution in [3.8, 4) is 5.75 Å². The van der Waals surface area contributed by atoms with Gasteiger partial charge in [0.25, 0.3) is 11.8 Å². The van der Waals surface area contributed by atoms with E-state index < -0.39 is 11.8 Å². The second-order valence-corrected chi connectivity index (χ2v) is 9.37. The third-order valence-electron chi connectivity index (χ3n) is 4.61.